The lowest BCUT2D eigenvalue weighted by Crippen LogP contribution is -2.31. The molecule has 158 valence electrons. The summed E-state index contributed by atoms with van der Waals surface area (Å²) in [7, 11) is 1.25. The Balaban J connectivity index is 1.87. The van der Waals surface area contributed by atoms with Gasteiger partial charge in [0.25, 0.3) is 5.91 Å². The molecular weight excluding hydrogens is 460 g/mol. The fraction of sp³-hybridized carbons (Fsp3) is 0.143. The van der Waals surface area contributed by atoms with Crippen LogP contribution in [0.4, 0.5) is 5.13 Å². The van der Waals surface area contributed by atoms with Crippen molar-refractivity contribution in [1.29, 1.82) is 0 Å². The molecule has 7 nitrogen and oxygen atoms in total. The van der Waals surface area contributed by atoms with Crippen LogP contribution >= 0.6 is 34.3 Å². The van der Waals surface area contributed by atoms with Gasteiger partial charge >= 0.3 is 5.97 Å². The molecular formula is C21H15ClN2O5S2. The third-order valence-electron chi connectivity index (χ3n) is 4.75. The molecule has 0 bridgehead atoms. The number of hydrogen-bond acceptors (Lipinski definition) is 8. The number of ketones is 1. The first-order chi connectivity index (χ1) is 14.8. The molecule has 1 aliphatic rings. The van der Waals surface area contributed by atoms with Crippen LogP contribution in [0.2, 0.25) is 5.02 Å². The van der Waals surface area contributed by atoms with Crippen LogP contribution in [0.15, 0.2) is 53.1 Å². The van der Waals surface area contributed by atoms with E-state index in [4.69, 9.17) is 16.3 Å². The van der Waals surface area contributed by atoms with Crippen LogP contribution in [-0.4, -0.2) is 34.9 Å². The number of aliphatic hydroxyl groups excluding tert-OH is 1. The SMILES string of the molecule is COC(=O)c1sc(N2C(=O)C(O)=C(C(=O)c3cccs3)[C@@H]2c2ccc(Cl)cc2)nc1C. The van der Waals surface area contributed by atoms with E-state index in [0.717, 1.165) is 11.3 Å². The number of ether oxygens (including phenoxy) is 1. The van der Waals surface area contributed by atoms with Gasteiger partial charge in [-0.25, -0.2) is 9.78 Å². The second-order valence-electron chi connectivity index (χ2n) is 6.60. The van der Waals surface area contributed by atoms with Gasteiger partial charge in [-0.2, -0.15) is 0 Å². The molecule has 0 spiro atoms. The van der Waals surface area contributed by atoms with Crippen molar-refractivity contribution >= 4 is 57.1 Å². The number of Topliss-reactive ketones (excluding diaryl/α,β-unsaturated/α-hetero) is 1. The van der Waals surface area contributed by atoms with Gasteiger partial charge in [0.1, 0.15) is 4.88 Å². The Kier molecular flexibility index (Phi) is 5.65. The van der Waals surface area contributed by atoms with E-state index in [1.165, 1.54) is 23.3 Å². The molecule has 4 rings (SSSR count). The molecule has 1 atom stereocenters. The van der Waals surface area contributed by atoms with E-state index in [2.05, 4.69) is 4.98 Å². The summed E-state index contributed by atoms with van der Waals surface area (Å²) in [6.45, 7) is 1.62. The van der Waals surface area contributed by atoms with Crippen molar-refractivity contribution in [1.82, 2.24) is 4.98 Å². The topological polar surface area (TPSA) is 96.8 Å². The maximum atomic E-state index is 13.2. The number of anilines is 1. The molecule has 0 aliphatic carbocycles. The van der Waals surface area contributed by atoms with Crippen LogP contribution in [-0.2, 0) is 9.53 Å². The van der Waals surface area contributed by atoms with Crippen molar-refractivity contribution in [2.24, 2.45) is 0 Å². The summed E-state index contributed by atoms with van der Waals surface area (Å²) in [6.07, 6.45) is 0. The van der Waals surface area contributed by atoms with Gasteiger partial charge in [-0.15, -0.1) is 11.3 Å². The fourth-order valence-electron chi connectivity index (χ4n) is 3.30. The minimum absolute atomic E-state index is 0.0535. The number of aryl methyl sites for hydroxylation is 1. The highest BCUT2D eigenvalue weighted by Crippen LogP contribution is 2.44. The van der Waals surface area contributed by atoms with Crippen molar-refractivity contribution in [3.63, 3.8) is 0 Å². The van der Waals surface area contributed by atoms with Crippen LogP contribution in [0.1, 0.15) is 36.6 Å². The van der Waals surface area contributed by atoms with Crippen LogP contribution in [0.5, 0.6) is 0 Å². The average molecular weight is 475 g/mol. The number of esters is 1. The van der Waals surface area contributed by atoms with Crippen LogP contribution in [0.3, 0.4) is 0 Å². The summed E-state index contributed by atoms with van der Waals surface area (Å²) in [5.41, 5.74) is 0.892. The lowest BCUT2D eigenvalue weighted by Gasteiger charge is -2.24. The van der Waals surface area contributed by atoms with Crippen molar-refractivity contribution < 1.29 is 24.2 Å². The van der Waals surface area contributed by atoms with E-state index in [0.29, 0.717) is 21.2 Å². The zero-order valence-corrected chi connectivity index (χ0v) is 18.7. The fourth-order valence-corrected chi connectivity index (χ4v) is 5.12. The molecule has 1 amide bonds. The van der Waals surface area contributed by atoms with E-state index >= 15 is 0 Å². The molecule has 1 aromatic carbocycles. The first-order valence-electron chi connectivity index (χ1n) is 8.99. The molecule has 1 aliphatic heterocycles. The quantitative estimate of drug-likeness (QED) is 0.424. The number of thiazole rings is 1. The zero-order chi connectivity index (χ0) is 22.3. The van der Waals surface area contributed by atoms with Crippen molar-refractivity contribution in [3.8, 4) is 0 Å². The highest BCUT2D eigenvalue weighted by atomic mass is 35.5. The van der Waals surface area contributed by atoms with Gasteiger partial charge in [0.05, 0.1) is 29.3 Å². The summed E-state index contributed by atoms with van der Waals surface area (Å²) < 4.78 is 4.77. The monoisotopic (exact) mass is 474 g/mol. The van der Waals surface area contributed by atoms with E-state index in [1.54, 1.807) is 48.7 Å². The Morgan fingerprint density at radius 1 is 1.23 bits per heavy atom. The van der Waals surface area contributed by atoms with E-state index in [1.807, 2.05) is 0 Å². The summed E-state index contributed by atoms with van der Waals surface area (Å²) in [4.78, 5) is 44.5. The molecule has 3 aromatic rings. The molecule has 1 N–H and O–H groups in total. The van der Waals surface area contributed by atoms with Gasteiger partial charge in [-0.3, -0.25) is 14.5 Å². The summed E-state index contributed by atoms with van der Waals surface area (Å²) in [5.74, 6) is -2.45. The van der Waals surface area contributed by atoms with Crippen molar-refractivity contribution in [2.75, 3.05) is 12.0 Å². The third kappa shape index (κ3) is 3.65. The number of aromatic nitrogens is 1. The number of aliphatic hydroxyl groups is 1. The second kappa shape index (κ2) is 8.26. The number of benzene rings is 1. The number of rotatable bonds is 5. The first kappa shape index (κ1) is 21.2. The molecule has 10 heteroatoms. The van der Waals surface area contributed by atoms with Crippen LogP contribution < -0.4 is 4.90 Å². The number of thiophene rings is 1. The molecule has 3 heterocycles. The van der Waals surface area contributed by atoms with Gasteiger partial charge in [0, 0.05) is 5.02 Å². The number of halogens is 1. The number of hydrogen-bond donors (Lipinski definition) is 1. The predicted molar refractivity (Wildman–Crippen MR) is 118 cm³/mol. The van der Waals surface area contributed by atoms with E-state index in [-0.39, 0.29) is 15.6 Å². The molecule has 0 unspecified atom stereocenters. The molecule has 2 aromatic heterocycles. The third-order valence-corrected chi connectivity index (χ3v) is 7.00. The number of methoxy groups -OCH3 is 1. The smallest absolute Gasteiger partial charge is 0.350 e. The Labute approximate surface area is 190 Å². The molecule has 0 saturated heterocycles. The molecule has 0 saturated carbocycles. The number of amides is 1. The Morgan fingerprint density at radius 2 is 1.94 bits per heavy atom. The van der Waals surface area contributed by atoms with Gasteiger partial charge in [-0.1, -0.05) is 41.1 Å². The van der Waals surface area contributed by atoms with Gasteiger partial charge in [0.2, 0.25) is 5.78 Å². The van der Waals surface area contributed by atoms with Crippen molar-refractivity contribution in [3.05, 3.63) is 79.1 Å². The van der Waals surface area contributed by atoms with Gasteiger partial charge < -0.3 is 9.84 Å². The van der Waals surface area contributed by atoms with Crippen LogP contribution in [0.25, 0.3) is 0 Å². The van der Waals surface area contributed by atoms with Crippen LogP contribution in [0, 0.1) is 6.92 Å². The molecule has 31 heavy (non-hydrogen) atoms. The minimum atomic E-state index is -0.935. The highest BCUT2D eigenvalue weighted by Gasteiger charge is 2.46. The Bertz CT molecular complexity index is 1220. The maximum Gasteiger partial charge on any atom is 0.350 e. The average Bonchev–Trinajstić information content (AvgIpc) is 3.47. The Hall–Kier alpha value is -3.01. The van der Waals surface area contributed by atoms with Gasteiger partial charge in [-0.05, 0) is 36.1 Å². The normalized spacial score (nSPS) is 16.2. The number of carbonyl (C=O) groups excluding carboxylic acids is 3. The first-order valence-corrected chi connectivity index (χ1v) is 11.1. The summed E-state index contributed by atoms with van der Waals surface area (Å²) in [5, 5.41) is 13.1. The largest absolute Gasteiger partial charge is 0.503 e. The predicted octanol–water partition coefficient (Wildman–Crippen LogP) is 4.74. The van der Waals surface area contributed by atoms with E-state index in [9.17, 15) is 19.5 Å². The maximum absolute atomic E-state index is 13.2. The summed E-state index contributed by atoms with van der Waals surface area (Å²) >= 11 is 8.18. The summed E-state index contributed by atoms with van der Waals surface area (Å²) in [6, 6.07) is 9.03. The minimum Gasteiger partial charge on any atom is -0.503 e. The van der Waals surface area contributed by atoms with Crippen molar-refractivity contribution in [2.45, 2.75) is 13.0 Å². The molecule has 0 fully saturated rings. The standard InChI is InChI=1S/C21H15ClN2O5S2/c1-10-18(20(28)29-2)31-21(23-10)24-15(11-5-7-12(22)8-6-11)14(17(26)19(24)27)16(25)13-4-3-9-30-13/h3-9,15,26H,1-2H3/t15-/m0/s1. The Morgan fingerprint density at radius 3 is 2.55 bits per heavy atom. The lowest BCUT2D eigenvalue weighted by atomic mass is 9.95. The zero-order valence-electron chi connectivity index (χ0n) is 16.3. The molecule has 0 radical (unpaired) electrons. The highest BCUT2D eigenvalue weighted by molar-refractivity contribution is 7.17. The lowest BCUT2D eigenvalue weighted by molar-refractivity contribution is -0.117. The second-order valence-corrected chi connectivity index (χ2v) is 8.96. The number of nitrogens with zero attached hydrogens (tertiary/aromatic N) is 2. The number of carbonyl (C=O) groups is 3. The van der Waals surface area contributed by atoms with E-state index < -0.39 is 29.5 Å². The van der Waals surface area contributed by atoms with Gasteiger partial charge in [0.15, 0.2) is 10.9 Å².